The van der Waals surface area contributed by atoms with Crippen molar-refractivity contribution < 1.29 is 14.1 Å². The van der Waals surface area contributed by atoms with E-state index in [4.69, 9.17) is 9.26 Å². The van der Waals surface area contributed by atoms with Crippen molar-refractivity contribution in [1.82, 2.24) is 15.1 Å². The Morgan fingerprint density at radius 3 is 2.72 bits per heavy atom. The van der Waals surface area contributed by atoms with Crippen molar-refractivity contribution >= 4 is 28.5 Å². The van der Waals surface area contributed by atoms with Crippen LogP contribution in [0, 0.1) is 0 Å². The zero-order chi connectivity index (χ0) is 17.1. The summed E-state index contributed by atoms with van der Waals surface area (Å²) in [5.41, 5.74) is 1.83. The highest BCUT2D eigenvalue weighted by molar-refractivity contribution is 5.94. The Hall–Kier alpha value is -3.00. The number of hydrogen-bond donors (Lipinski definition) is 1. The molecule has 1 aromatic carbocycles. The molecule has 1 saturated heterocycles. The summed E-state index contributed by atoms with van der Waals surface area (Å²) in [5, 5.41) is 7.60. The Labute approximate surface area is 143 Å². The predicted octanol–water partition coefficient (Wildman–Crippen LogP) is 1.64. The lowest BCUT2D eigenvalue weighted by atomic mass is 10.1. The standard InChI is InChI=1S/C17H17N5O3/c23-16(9-14-13-3-1-2-4-15(13)25-21-14)20-12-10-18-17(19-11-12)22-5-7-24-8-6-22/h1-4,10-11H,5-9H2,(H,20,23). The van der Waals surface area contributed by atoms with Crippen molar-refractivity contribution in [3.05, 3.63) is 42.4 Å². The van der Waals surface area contributed by atoms with Crippen LogP contribution in [0.4, 0.5) is 11.6 Å². The summed E-state index contributed by atoms with van der Waals surface area (Å²) in [5.74, 6) is 0.450. The Morgan fingerprint density at radius 2 is 1.92 bits per heavy atom. The molecule has 8 heteroatoms. The van der Waals surface area contributed by atoms with Gasteiger partial charge in [0.15, 0.2) is 5.58 Å². The van der Waals surface area contributed by atoms with Crippen LogP contribution in [0.2, 0.25) is 0 Å². The number of nitrogens with one attached hydrogen (secondary N) is 1. The van der Waals surface area contributed by atoms with Gasteiger partial charge in [-0.25, -0.2) is 9.97 Å². The SMILES string of the molecule is O=C(Cc1noc2ccccc12)Nc1cnc(N2CCOCC2)nc1. The van der Waals surface area contributed by atoms with E-state index in [1.54, 1.807) is 12.4 Å². The topological polar surface area (TPSA) is 93.4 Å². The number of amides is 1. The van der Waals surface area contributed by atoms with Gasteiger partial charge in [-0.05, 0) is 12.1 Å². The molecule has 1 aliphatic heterocycles. The molecule has 1 N–H and O–H groups in total. The summed E-state index contributed by atoms with van der Waals surface area (Å²) in [6.45, 7) is 2.89. The second kappa shape index (κ2) is 6.86. The van der Waals surface area contributed by atoms with E-state index < -0.39 is 0 Å². The van der Waals surface area contributed by atoms with Crippen LogP contribution < -0.4 is 10.2 Å². The minimum atomic E-state index is -0.193. The lowest BCUT2D eigenvalue weighted by Crippen LogP contribution is -2.37. The molecule has 4 rings (SSSR count). The number of nitrogens with zero attached hydrogens (tertiary/aromatic N) is 4. The number of benzene rings is 1. The molecular weight excluding hydrogens is 322 g/mol. The number of ether oxygens (including phenoxy) is 1. The number of para-hydroxylation sites is 1. The Bertz CT molecular complexity index is 871. The monoisotopic (exact) mass is 339 g/mol. The minimum Gasteiger partial charge on any atom is -0.378 e. The molecule has 0 saturated carbocycles. The van der Waals surface area contributed by atoms with E-state index in [1.165, 1.54) is 0 Å². The fourth-order valence-corrected chi connectivity index (χ4v) is 2.74. The second-order valence-corrected chi connectivity index (χ2v) is 5.72. The van der Waals surface area contributed by atoms with Gasteiger partial charge in [-0.1, -0.05) is 17.3 Å². The number of morpholine rings is 1. The van der Waals surface area contributed by atoms with E-state index in [-0.39, 0.29) is 12.3 Å². The summed E-state index contributed by atoms with van der Waals surface area (Å²) in [7, 11) is 0. The van der Waals surface area contributed by atoms with Crippen LogP contribution in [0.3, 0.4) is 0 Å². The molecule has 1 amide bonds. The van der Waals surface area contributed by atoms with Gasteiger partial charge in [0, 0.05) is 18.5 Å². The number of aromatic nitrogens is 3. The molecule has 8 nitrogen and oxygen atoms in total. The van der Waals surface area contributed by atoms with Crippen LogP contribution in [0.15, 0.2) is 41.2 Å². The molecule has 1 aliphatic rings. The Kier molecular flexibility index (Phi) is 4.26. The number of carbonyl (C=O) groups is 1. The van der Waals surface area contributed by atoms with E-state index in [0.29, 0.717) is 36.1 Å². The van der Waals surface area contributed by atoms with Gasteiger partial charge in [0.05, 0.1) is 37.7 Å². The molecule has 0 bridgehead atoms. The first kappa shape index (κ1) is 15.5. The van der Waals surface area contributed by atoms with E-state index in [2.05, 4.69) is 25.3 Å². The van der Waals surface area contributed by atoms with Gasteiger partial charge in [-0.15, -0.1) is 0 Å². The lowest BCUT2D eigenvalue weighted by Gasteiger charge is -2.26. The van der Waals surface area contributed by atoms with Gasteiger partial charge in [-0.2, -0.15) is 0 Å². The number of fused-ring (bicyclic) bond motifs is 1. The Morgan fingerprint density at radius 1 is 1.16 bits per heavy atom. The fourth-order valence-electron chi connectivity index (χ4n) is 2.74. The molecule has 2 aromatic heterocycles. The van der Waals surface area contributed by atoms with Crippen molar-refractivity contribution in [2.45, 2.75) is 6.42 Å². The molecule has 0 aliphatic carbocycles. The molecule has 0 atom stereocenters. The van der Waals surface area contributed by atoms with Gasteiger partial charge >= 0.3 is 0 Å². The summed E-state index contributed by atoms with van der Waals surface area (Å²) in [6, 6.07) is 7.46. The maximum Gasteiger partial charge on any atom is 0.230 e. The number of hydrogen-bond acceptors (Lipinski definition) is 7. The van der Waals surface area contributed by atoms with E-state index in [9.17, 15) is 4.79 Å². The molecule has 0 unspecified atom stereocenters. The van der Waals surface area contributed by atoms with Crippen LogP contribution in [0.1, 0.15) is 5.69 Å². The van der Waals surface area contributed by atoms with Crippen LogP contribution >= 0.6 is 0 Å². The average Bonchev–Trinajstić information content (AvgIpc) is 3.06. The molecule has 3 heterocycles. The third kappa shape index (κ3) is 3.43. The molecule has 3 aromatic rings. The van der Waals surface area contributed by atoms with Gasteiger partial charge < -0.3 is 19.5 Å². The molecule has 0 radical (unpaired) electrons. The highest BCUT2D eigenvalue weighted by Crippen LogP contribution is 2.18. The van der Waals surface area contributed by atoms with E-state index in [1.807, 2.05) is 24.3 Å². The normalized spacial score (nSPS) is 14.6. The molecule has 25 heavy (non-hydrogen) atoms. The first-order valence-corrected chi connectivity index (χ1v) is 8.07. The third-order valence-corrected chi connectivity index (χ3v) is 4.00. The molecule has 128 valence electrons. The number of rotatable bonds is 4. The molecule has 0 spiro atoms. The van der Waals surface area contributed by atoms with Crippen molar-refractivity contribution in [1.29, 1.82) is 0 Å². The van der Waals surface area contributed by atoms with Crippen LogP contribution in [0.25, 0.3) is 11.0 Å². The van der Waals surface area contributed by atoms with Gasteiger partial charge in [0.2, 0.25) is 11.9 Å². The maximum atomic E-state index is 12.2. The average molecular weight is 339 g/mol. The van der Waals surface area contributed by atoms with Crippen molar-refractivity contribution in [3.63, 3.8) is 0 Å². The predicted molar refractivity (Wildman–Crippen MR) is 91.4 cm³/mol. The van der Waals surface area contributed by atoms with Gasteiger partial charge in [-0.3, -0.25) is 4.79 Å². The van der Waals surface area contributed by atoms with E-state index in [0.717, 1.165) is 18.5 Å². The molecular formula is C17H17N5O3. The van der Waals surface area contributed by atoms with Crippen molar-refractivity contribution in [2.75, 3.05) is 36.5 Å². The summed E-state index contributed by atoms with van der Waals surface area (Å²) >= 11 is 0. The van der Waals surface area contributed by atoms with E-state index >= 15 is 0 Å². The number of anilines is 2. The third-order valence-electron chi connectivity index (χ3n) is 4.00. The zero-order valence-electron chi connectivity index (χ0n) is 13.5. The van der Waals surface area contributed by atoms with Gasteiger partial charge in [0.1, 0.15) is 5.69 Å². The smallest absolute Gasteiger partial charge is 0.230 e. The second-order valence-electron chi connectivity index (χ2n) is 5.72. The quantitative estimate of drug-likeness (QED) is 0.772. The molecule has 1 fully saturated rings. The van der Waals surface area contributed by atoms with Crippen LogP contribution in [0.5, 0.6) is 0 Å². The largest absolute Gasteiger partial charge is 0.378 e. The lowest BCUT2D eigenvalue weighted by molar-refractivity contribution is -0.115. The van der Waals surface area contributed by atoms with Crippen LogP contribution in [-0.4, -0.2) is 47.3 Å². The summed E-state index contributed by atoms with van der Waals surface area (Å²) in [6.07, 6.45) is 3.34. The fraction of sp³-hybridized carbons (Fsp3) is 0.294. The summed E-state index contributed by atoms with van der Waals surface area (Å²) in [4.78, 5) is 22.9. The first-order chi connectivity index (χ1) is 12.3. The van der Waals surface area contributed by atoms with Gasteiger partial charge in [0.25, 0.3) is 0 Å². The maximum absolute atomic E-state index is 12.2. The highest BCUT2D eigenvalue weighted by atomic mass is 16.5. The van der Waals surface area contributed by atoms with Crippen molar-refractivity contribution in [3.8, 4) is 0 Å². The highest BCUT2D eigenvalue weighted by Gasteiger charge is 2.15. The Balaban J connectivity index is 1.40. The zero-order valence-corrected chi connectivity index (χ0v) is 13.5. The minimum absolute atomic E-state index is 0.127. The van der Waals surface area contributed by atoms with Crippen LogP contribution in [-0.2, 0) is 16.0 Å². The first-order valence-electron chi connectivity index (χ1n) is 8.07. The van der Waals surface area contributed by atoms with Crippen molar-refractivity contribution in [2.24, 2.45) is 0 Å². The number of carbonyl (C=O) groups excluding carboxylic acids is 1. The summed E-state index contributed by atoms with van der Waals surface area (Å²) < 4.78 is 10.5.